The third-order valence-electron chi connectivity index (χ3n) is 3.28. The Morgan fingerprint density at radius 1 is 1.26 bits per heavy atom. The predicted octanol–water partition coefficient (Wildman–Crippen LogP) is 1.52. The second-order valence-electron chi connectivity index (χ2n) is 4.53. The van der Waals surface area contributed by atoms with Crippen molar-refractivity contribution >= 4 is 27.5 Å². The summed E-state index contributed by atoms with van der Waals surface area (Å²) in [7, 11) is 3.25. The number of nitrogens with zero attached hydrogens (tertiary/aromatic N) is 1. The molecule has 1 aliphatic heterocycles. The SMILES string of the molecule is COC1CN(C(=O)c2cc(N)cc(Br)c2)CC1OC. The van der Waals surface area contributed by atoms with Gasteiger partial charge in [-0.3, -0.25) is 4.79 Å². The highest BCUT2D eigenvalue weighted by molar-refractivity contribution is 9.10. The Kier molecular flexibility index (Phi) is 4.44. The van der Waals surface area contributed by atoms with E-state index in [9.17, 15) is 4.79 Å². The standard InChI is InChI=1S/C13H17BrN2O3/c1-18-11-6-16(7-12(11)19-2)13(17)8-3-9(14)5-10(15)4-8/h3-5,11-12H,6-7,15H2,1-2H3. The molecular formula is C13H17BrN2O3. The van der Waals surface area contributed by atoms with Gasteiger partial charge in [0.2, 0.25) is 0 Å². The molecule has 2 rings (SSSR count). The average molecular weight is 329 g/mol. The minimum Gasteiger partial charge on any atom is -0.399 e. The van der Waals surface area contributed by atoms with Crippen molar-refractivity contribution in [2.75, 3.05) is 33.0 Å². The molecule has 0 saturated carbocycles. The van der Waals surface area contributed by atoms with Gasteiger partial charge in [-0.2, -0.15) is 0 Å². The maximum atomic E-state index is 12.4. The number of carbonyl (C=O) groups is 1. The third-order valence-corrected chi connectivity index (χ3v) is 3.73. The molecule has 19 heavy (non-hydrogen) atoms. The molecule has 0 bridgehead atoms. The molecule has 0 aliphatic carbocycles. The van der Waals surface area contributed by atoms with E-state index in [1.54, 1.807) is 37.3 Å². The summed E-state index contributed by atoms with van der Waals surface area (Å²) in [6, 6.07) is 5.20. The van der Waals surface area contributed by atoms with Crippen LogP contribution in [0, 0.1) is 0 Å². The van der Waals surface area contributed by atoms with Crippen LogP contribution in [0.4, 0.5) is 5.69 Å². The van der Waals surface area contributed by atoms with Crippen molar-refractivity contribution in [2.45, 2.75) is 12.2 Å². The number of ether oxygens (including phenoxy) is 2. The largest absolute Gasteiger partial charge is 0.399 e. The number of hydrogen-bond donors (Lipinski definition) is 1. The molecule has 2 unspecified atom stereocenters. The monoisotopic (exact) mass is 328 g/mol. The number of methoxy groups -OCH3 is 2. The Bertz CT molecular complexity index is 449. The fourth-order valence-corrected chi connectivity index (χ4v) is 2.79. The molecule has 5 nitrogen and oxygen atoms in total. The Morgan fingerprint density at radius 2 is 1.84 bits per heavy atom. The number of carbonyl (C=O) groups excluding carboxylic acids is 1. The third kappa shape index (κ3) is 3.08. The summed E-state index contributed by atoms with van der Waals surface area (Å²) >= 11 is 3.34. The number of anilines is 1. The fraction of sp³-hybridized carbons (Fsp3) is 0.462. The lowest BCUT2D eigenvalue weighted by molar-refractivity contribution is -0.00461. The van der Waals surface area contributed by atoms with Gasteiger partial charge in [-0.05, 0) is 18.2 Å². The first kappa shape index (κ1) is 14.3. The fourth-order valence-electron chi connectivity index (χ4n) is 2.28. The number of hydrogen-bond acceptors (Lipinski definition) is 4. The molecule has 0 spiro atoms. The quantitative estimate of drug-likeness (QED) is 0.854. The smallest absolute Gasteiger partial charge is 0.254 e. The molecule has 1 fully saturated rings. The zero-order chi connectivity index (χ0) is 14.0. The number of nitrogens with two attached hydrogens (primary N) is 1. The van der Waals surface area contributed by atoms with E-state index >= 15 is 0 Å². The van der Waals surface area contributed by atoms with E-state index in [-0.39, 0.29) is 18.1 Å². The summed E-state index contributed by atoms with van der Waals surface area (Å²) in [6.45, 7) is 1.06. The highest BCUT2D eigenvalue weighted by Gasteiger charge is 2.35. The van der Waals surface area contributed by atoms with Gasteiger partial charge in [-0.15, -0.1) is 0 Å². The second kappa shape index (κ2) is 5.90. The van der Waals surface area contributed by atoms with Gasteiger partial charge in [-0.1, -0.05) is 15.9 Å². The van der Waals surface area contributed by atoms with Crippen LogP contribution in [0.15, 0.2) is 22.7 Å². The van der Waals surface area contributed by atoms with Crippen molar-refractivity contribution in [3.63, 3.8) is 0 Å². The molecule has 2 N–H and O–H groups in total. The number of halogens is 1. The molecule has 1 amide bonds. The van der Waals surface area contributed by atoms with Crippen molar-refractivity contribution in [1.82, 2.24) is 4.90 Å². The normalized spacial score (nSPS) is 22.8. The zero-order valence-electron chi connectivity index (χ0n) is 10.9. The molecule has 2 atom stereocenters. The summed E-state index contributed by atoms with van der Waals surface area (Å²) in [4.78, 5) is 14.1. The van der Waals surface area contributed by atoms with Crippen molar-refractivity contribution in [3.05, 3.63) is 28.2 Å². The summed E-state index contributed by atoms with van der Waals surface area (Å²) in [6.07, 6.45) is -0.170. The molecule has 1 aliphatic rings. The van der Waals surface area contributed by atoms with Gasteiger partial charge < -0.3 is 20.1 Å². The van der Waals surface area contributed by atoms with Gasteiger partial charge in [0.1, 0.15) is 12.2 Å². The highest BCUT2D eigenvalue weighted by Crippen LogP contribution is 2.22. The van der Waals surface area contributed by atoms with Gasteiger partial charge >= 0.3 is 0 Å². The van der Waals surface area contributed by atoms with Gasteiger partial charge in [-0.25, -0.2) is 0 Å². The van der Waals surface area contributed by atoms with E-state index in [0.29, 0.717) is 24.3 Å². The van der Waals surface area contributed by atoms with Crippen molar-refractivity contribution in [1.29, 1.82) is 0 Å². The van der Waals surface area contributed by atoms with Crippen LogP contribution in [0.5, 0.6) is 0 Å². The lowest BCUT2D eigenvalue weighted by Crippen LogP contribution is -2.30. The summed E-state index contributed by atoms with van der Waals surface area (Å²) < 4.78 is 11.4. The maximum Gasteiger partial charge on any atom is 0.254 e. The maximum absolute atomic E-state index is 12.4. The van der Waals surface area contributed by atoms with E-state index in [1.165, 1.54) is 0 Å². The molecule has 1 saturated heterocycles. The molecular weight excluding hydrogens is 312 g/mol. The number of benzene rings is 1. The molecule has 1 aromatic carbocycles. The Hall–Kier alpha value is -1.11. The Labute approximate surface area is 120 Å². The lowest BCUT2D eigenvalue weighted by Gasteiger charge is -2.16. The first-order valence-corrected chi connectivity index (χ1v) is 6.75. The van der Waals surface area contributed by atoms with E-state index in [2.05, 4.69) is 15.9 Å². The van der Waals surface area contributed by atoms with Crippen LogP contribution in [0.25, 0.3) is 0 Å². The van der Waals surface area contributed by atoms with E-state index in [4.69, 9.17) is 15.2 Å². The van der Waals surface area contributed by atoms with E-state index in [0.717, 1.165) is 4.47 Å². The first-order chi connectivity index (χ1) is 9.05. The molecule has 1 heterocycles. The van der Waals surface area contributed by atoms with Crippen molar-refractivity contribution in [2.24, 2.45) is 0 Å². The van der Waals surface area contributed by atoms with Crippen LogP contribution in [0.2, 0.25) is 0 Å². The minimum atomic E-state index is -0.0848. The summed E-state index contributed by atoms with van der Waals surface area (Å²) in [5.74, 6) is -0.0606. The van der Waals surface area contributed by atoms with Gasteiger partial charge in [0.15, 0.2) is 0 Å². The summed E-state index contributed by atoms with van der Waals surface area (Å²) in [5, 5.41) is 0. The lowest BCUT2D eigenvalue weighted by atomic mass is 10.2. The van der Waals surface area contributed by atoms with E-state index < -0.39 is 0 Å². The molecule has 104 valence electrons. The predicted molar refractivity (Wildman–Crippen MR) is 76.1 cm³/mol. The van der Waals surface area contributed by atoms with E-state index in [1.807, 2.05) is 0 Å². The highest BCUT2D eigenvalue weighted by atomic mass is 79.9. The van der Waals surface area contributed by atoms with Crippen LogP contribution in [-0.2, 0) is 9.47 Å². The topological polar surface area (TPSA) is 64.8 Å². The number of likely N-dealkylation sites (tertiary alicyclic amines) is 1. The average Bonchev–Trinajstić information content (AvgIpc) is 2.79. The van der Waals surface area contributed by atoms with Crippen LogP contribution in [0.1, 0.15) is 10.4 Å². The van der Waals surface area contributed by atoms with Crippen LogP contribution >= 0.6 is 15.9 Å². The Balaban J connectivity index is 2.16. The Morgan fingerprint density at radius 3 is 2.32 bits per heavy atom. The number of amides is 1. The van der Waals surface area contributed by atoms with Gasteiger partial charge in [0.05, 0.1) is 0 Å². The summed E-state index contributed by atoms with van der Waals surface area (Å²) in [5.41, 5.74) is 6.88. The van der Waals surface area contributed by atoms with Gasteiger partial charge in [0, 0.05) is 43.0 Å². The minimum absolute atomic E-state index is 0.0606. The molecule has 0 aromatic heterocycles. The molecule has 1 aromatic rings. The van der Waals surface area contributed by atoms with Crippen LogP contribution in [-0.4, -0.2) is 50.3 Å². The van der Waals surface area contributed by atoms with Crippen molar-refractivity contribution < 1.29 is 14.3 Å². The zero-order valence-corrected chi connectivity index (χ0v) is 12.5. The van der Waals surface area contributed by atoms with Crippen molar-refractivity contribution in [3.8, 4) is 0 Å². The van der Waals surface area contributed by atoms with Gasteiger partial charge in [0.25, 0.3) is 5.91 Å². The van der Waals surface area contributed by atoms with Crippen LogP contribution < -0.4 is 5.73 Å². The molecule has 6 heteroatoms. The number of rotatable bonds is 3. The molecule has 0 radical (unpaired) electrons. The second-order valence-corrected chi connectivity index (χ2v) is 5.45. The first-order valence-electron chi connectivity index (χ1n) is 5.96. The van der Waals surface area contributed by atoms with Crippen LogP contribution in [0.3, 0.4) is 0 Å². The number of nitrogen functional groups attached to an aromatic ring is 1.